The Morgan fingerprint density at radius 2 is 2.43 bits per heavy atom. The van der Waals surface area contributed by atoms with Crippen LogP contribution in [0.25, 0.3) is 0 Å². The van der Waals surface area contributed by atoms with E-state index in [1.165, 1.54) is 12.3 Å². The fourth-order valence-electron chi connectivity index (χ4n) is 0.951. The molecule has 0 spiro atoms. The van der Waals surface area contributed by atoms with Crippen LogP contribution in [-0.2, 0) is 16.0 Å². The first kappa shape index (κ1) is 10.2. The number of nitrogens with zero attached hydrogens (tertiary/aromatic N) is 1. The smallest absolute Gasteiger partial charge is 0.316 e. The maximum atomic E-state index is 11.1. The zero-order valence-corrected chi connectivity index (χ0v) is 7.68. The summed E-state index contributed by atoms with van der Waals surface area (Å²) in [7, 11) is 0. The molecule has 0 aromatic carbocycles. The summed E-state index contributed by atoms with van der Waals surface area (Å²) in [6.07, 6.45) is 2.81. The third-order valence-electron chi connectivity index (χ3n) is 1.59. The van der Waals surface area contributed by atoms with Gasteiger partial charge in [0.25, 0.3) is 0 Å². The van der Waals surface area contributed by atoms with Gasteiger partial charge in [0.15, 0.2) is 6.20 Å². The number of carbonyl (C=O) groups excluding carboxylic acids is 1. The molecule has 0 aliphatic heterocycles. The van der Waals surface area contributed by atoms with E-state index >= 15 is 0 Å². The zero-order chi connectivity index (χ0) is 10.4. The van der Waals surface area contributed by atoms with E-state index in [2.05, 4.69) is 6.58 Å². The predicted octanol–water partition coefficient (Wildman–Crippen LogP) is 0.592. The first-order valence-electron chi connectivity index (χ1n) is 4.17. The van der Waals surface area contributed by atoms with Crippen molar-refractivity contribution >= 4 is 5.97 Å². The van der Waals surface area contributed by atoms with Crippen molar-refractivity contribution in [2.24, 2.45) is 0 Å². The summed E-state index contributed by atoms with van der Waals surface area (Å²) >= 11 is 0. The standard InChI is InChI=1S/C10H11NO3/c1-2-7-14-10(12)8-9-5-3-4-6-11(9)13/h2-6H,1,7-8H2. The summed E-state index contributed by atoms with van der Waals surface area (Å²) in [6, 6.07) is 4.89. The predicted molar refractivity (Wildman–Crippen MR) is 50.3 cm³/mol. The Labute approximate surface area is 82.0 Å². The van der Waals surface area contributed by atoms with Gasteiger partial charge < -0.3 is 9.94 Å². The van der Waals surface area contributed by atoms with Crippen molar-refractivity contribution < 1.29 is 14.3 Å². The zero-order valence-electron chi connectivity index (χ0n) is 7.68. The highest BCUT2D eigenvalue weighted by Gasteiger charge is 2.10. The van der Waals surface area contributed by atoms with E-state index in [1.54, 1.807) is 18.2 Å². The third kappa shape index (κ3) is 2.90. The van der Waals surface area contributed by atoms with Crippen LogP contribution in [0.4, 0.5) is 0 Å². The molecule has 0 amide bonds. The molecule has 0 radical (unpaired) electrons. The van der Waals surface area contributed by atoms with Crippen LogP contribution < -0.4 is 4.73 Å². The number of ether oxygens (including phenoxy) is 1. The van der Waals surface area contributed by atoms with Crippen LogP contribution in [0.15, 0.2) is 37.1 Å². The van der Waals surface area contributed by atoms with Crippen molar-refractivity contribution in [3.8, 4) is 0 Å². The summed E-state index contributed by atoms with van der Waals surface area (Å²) in [6.45, 7) is 3.58. The molecular formula is C10H11NO3. The van der Waals surface area contributed by atoms with E-state index in [-0.39, 0.29) is 13.0 Å². The molecule has 1 aromatic rings. The molecule has 0 aliphatic rings. The maximum Gasteiger partial charge on any atom is 0.316 e. The molecule has 74 valence electrons. The highest BCUT2D eigenvalue weighted by atomic mass is 16.5. The number of hydrogen-bond acceptors (Lipinski definition) is 3. The molecule has 0 aliphatic carbocycles. The maximum absolute atomic E-state index is 11.1. The van der Waals surface area contributed by atoms with Crippen molar-refractivity contribution in [1.82, 2.24) is 0 Å². The second kappa shape index (κ2) is 5.01. The van der Waals surface area contributed by atoms with Gasteiger partial charge >= 0.3 is 5.97 Å². The molecule has 4 nitrogen and oxygen atoms in total. The molecule has 0 saturated carbocycles. The van der Waals surface area contributed by atoms with Crippen molar-refractivity contribution in [3.63, 3.8) is 0 Å². The summed E-state index contributed by atoms with van der Waals surface area (Å²) in [5.74, 6) is -0.430. The van der Waals surface area contributed by atoms with E-state index in [4.69, 9.17) is 4.74 Å². The molecule has 1 rings (SSSR count). The second-order valence-corrected chi connectivity index (χ2v) is 2.67. The fraction of sp³-hybridized carbons (Fsp3) is 0.200. The average Bonchev–Trinajstić information content (AvgIpc) is 2.18. The van der Waals surface area contributed by atoms with Crippen molar-refractivity contribution in [2.45, 2.75) is 6.42 Å². The fourth-order valence-corrected chi connectivity index (χ4v) is 0.951. The Morgan fingerprint density at radius 3 is 3.07 bits per heavy atom. The van der Waals surface area contributed by atoms with Crippen LogP contribution in [-0.4, -0.2) is 12.6 Å². The lowest BCUT2D eigenvalue weighted by Crippen LogP contribution is -2.32. The van der Waals surface area contributed by atoms with Crippen LogP contribution in [0.1, 0.15) is 5.69 Å². The molecule has 0 unspecified atom stereocenters. The van der Waals surface area contributed by atoms with E-state index < -0.39 is 5.97 Å². The first-order chi connectivity index (χ1) is 6.74. The van der Waals surface area contributed by atoms with E-state index in [1.807, 2.05) is 0 Å². The molecular weight excluding hydrogens is 182 g/mol. The van der Waals surface area contributed by atoms with Crippen molar-refractivity contribution in [3.05, 3.63) is 48.0 Å². The topological polar surface area (TPSA) is 53.2 Å². The number of aromatic nitrogens is 1. The Kier molecular flexibility index (Phi) is 3.67. The molecule has 1 aromatic heterocycles. The van der Waals surface area contributed by atoms with Crippen LogP contribution in [0, 0.1) is 5.21 Å². The molecule has 0 atom stereocenters. The minimum atomic E-state index is -0.430. The Morgan fingerprint density at radius 1 is 1.64 bits per heavy atom. The molecule has 14 heavy (non-hydrogen) atoms. The first-order valence-corrected chi connectivity index (χ1v) is 4.17. The van der Waals surface area contributed by atoms with Crippen LogP contribution >= 0.6 is 0 Å². The lowest BCUT2D eigenvalue weighted by molar-refractivity contribution is -0.613. The lowest BCUT2D eigenvalue weighted by Gasteiger charge is -2.03. The molecule has 0 bridgehead atoms. The number of pyridine rings is 1. The minimum absolute atomic E-state index is 0.0157. The Hall–Kier alpha value is -1.84. The highest BCUT2D eigenvalue weighted by Crippen LogP contribution is 1.94. The van der Waals surface area contributed by atoms with Gasteiger partial charge in [-0.1, -0.05) is 12.7 Å². The molecule has 1 heterocycles. The van der Waals surface area contributed by atoms with E-state index in [0.717, 1.165) is 0 Å². The van der Waals surface area contributed by atoms with Gasteiger partial charge in [0.1, 0.15) is 13.0 Å². The van der Waals surface area contributed by atoms with Gasteiger partial charge in [-0.15, -0.1) is 0 Å². The quantitative estimate of drug-likeness (QED) is 0.304. The van der Waals surface area contributed by atoms with Crippen LogP contribution in [0.2, 0.25) is 0 Å². The van der Waals surface area contributed by atoms with Gasteiger partial charge in [-0.25, -0.2) is 0 Å². The van der Waals surface area contributed by atoms with E-state index in [9.17, 15) is 10.0 Å². The monoisotopic (exact) mass is 193 g/mol. The lowest BCUT2D eigenvalue weighted by atomic mass is 10.3. The molecule has 0 fully saturated rings. The molecule has 4 heteroatoms. The number of esters is 1. The van der Waals surface area contributed by atoms with E-state index in [0.29, 0.717) is 10.4 Å². The minimum Gasteiger partial charge on any atom is -0.618 e. The van der Waals surface area contributed by atoms with Crippen LogP contribution in [0.3, 0.4) is 0 Å². The van der Waals surface area contributed by atoms with Gasteiger partial charge in [-0.3, -0.25) is 4.79 Å². The number of rotatable bonds is 4. The molecule has 0 saturated heterocycles. The summed E-state index contributed by atoms with van der Waals surface area (Å²) in [5.41, 5.74) is 0.376. The molecule has 0 N–H and O–H groups in total. The van der Waals surface area contributed by atoms with Gasteiger partial charge in [0.2, 0.25) is 5.69 Å². The number of hydrogen-bond donors (Lipinski definition) is 0. The second-order valence-electron chi connectivity index (χ2n) is 2.67. The van der Waals surface area contributed by atoms with Gasteiger partial charge in [-0.05, 0) is 6.07 Å². The van der Waals surface area contributed by atoms with Crippen molar-refractivity contribution in [1.29, 1.82) is 0 Å². The number of carbonyl (C=O) groups is 1. The average molecular weight is 193 g/mol. The van der Waals surface area contributed by atoms with Gasteiger partial charge in [0.05, 0.1) is 0 Å². The summed E-state index contributed by atoms with van der Waals surface area (Å²) < 4.78 is 5.39. The summed E-state index contributed by atoms with van der Waals surface area (Å²) in [5, 5.41) is 11.1. The SMILES string of the molecule is C=CCOC(=O)Cc1cccc[n+]1[O-]. The van der Waals surface area contributed by atoms with Gasteiger partial charge in [0, 0.05) is 12.1 Å². The normalized spacial score (nSPS) is 9.43. The van der Waals surface area contributed by atoms with Gasteiger partial charge in [-0.2, -0.15) is 4.73 Å². The third-order valence-corrected chi connectivity index (χ3v) is 1.59. The van der Waals surface area contributed by atoms with Crippen LogP contribution in [0.5, 0.6) is 0 Å². The largest absolute Gasteiger partial charge is 0.618 e. The Balaban J connectivity index is 2.56. The van der Waals surface area contributed by atoms with Crippen molar-refractivity contribution in [2.75, 3.05) is 6.61 Å². The highest BCUT2D eigenvalue weighted by molar-refractivity contribution is 5.71. The summed E-state index contributed by atoms with van der Waals surface area (Å²) in [4.78, 5) is 11.1. The Bertz CT molecular complexity index is 336.